The van der Waals surface area contributed by atoms with E-state index in [1.165, 1.54) is 6.07 Å². The highest BCUT2D eigenvalue weighted by Crippen LogP contribution is 2.31. The second-order valence-corrected chi connectivity index (χ2v) is 9.30. The molecule has 2 amide bonds. The molecule has 2 aromatic carbocycles. The zero-order valence-electron chi connectivity index (χ0n) is 21.7. The van der Waals surface area contributed by atoms with Crippen LogP contribution in [-0.4, -0.2) is 37.5 Å². The maximum Gasteiger partial charge on any atom is 0.230 e. The molecule has 0 N–H and O–H groups in total. The number of carbonyl (C=O) groups excluding carboxylic acids is 2. The van der Waals surface area contributed by atoms with Crippen molar-refractivity contribution in [1.82, 2.24) is 0 Å². The lowest BCUT2D eigenvalue weighted by atomic mass is 9.96. The Bertz CT molecular complexity index is 969. The highest BCUT2D eigenvalue weighted by Gasteiger charge is 2.32. The van der Waals surface area contributed by atoms with Gasteiger partial charge in [0.25, 0.3) is 0 Å². The molecule has 5 nitrogen and oxygen atoms in total. The van der Waals surface area contributed by atoms with Gasteiger partial charge in [-0.3, -0.25) is 9.59 Å². The summed E-state index contributed by atoms with van der Waals surface area (Å²) in [6, 6.07) is 15.1. The molecule has 3 rings (SSSR count). The number of para-hydroxylation sites is 1. The first-order valence-corrected chi connectivity index (χ1v) is 13.2. The number of benzene rings is 2. The van der Waals surface area contributed by atoms with E-state index in [2.05, 4.69) is 18.7 Å². The van der Waals surface area contributed by atoms with Crippen LogP contribution in [0.2, 0.25) is 0 Å². The molecule has 1 saturated heterocycles. The van der Waals surface area contributed by atoms with E-state index >= 15 is 4.39 Å². The van der Waals surface area contributed by atoms with Gasteiger partial charge in [0.15, 0.2) is 0 Å². The van der Waals surface area contributed by atoms with Crippen molar-refractivity contribution in [3.63, 3.8) is 0 Å². The molecule has 6 heteroatoms. The van der Waals surface area contributed by atoms with Crippen LogP contribution in [0, 0.1) is 11.7 Å². The van der Waals surface area contributed by atoms with Gasteiger partial charge in [0.05, 0.1) is 5.69 Å². The zero-order chi connectivity index (χ0) is 25.4. The smallest absolute Gasteiger partial charge is 0.230 e. The molecule has 0 aromatic heterocycles. The molecule has 35 heavy (non-hydrogen) atoms. The Morgan fingerprint density at radius 1 is 0.971 bits per heavy atom. The lowest BCUT2D eigenvalue weighted by Gasteiger charge is -2.40. The van der Waals surface area contributed by atoms with Gasteiger partial charge in [0.2, 0.25) is 11.8 Å². The van der Waals surface area contributed by atoms with Gasteiger partial charge in [-0.2, -0.15) is 0 Å². The van der Waals surface area contributed by atoms with Gasteiger partial charge < -0.3 is 14.7 Å². The molecule has 0 spiro atoms. The van der Waals surface area contributed by atoms with Crippen LogP contribution in [0.15, 0.2) is 48.5 Å². The van der Waals surface area contributed by atoms with Crippen LogP contribution >= 0.6 is 0 Å². The van der Waals surface area contributed by atoms with Crippen molar-refractivity contribution in [3.8, 4) is 0 Å². The monoisotopic (exact) mass is 481 g/mol. The summed E-state index contributed by atoms with van der Waals surface area (Å²) in [6.07, 6.45) is 4.42. The maximum absolute atomic E-state index is 15.2. The molecule has 0 atom stereocenters. The summed E-state index contributed by atoms with van der Waals surface area (Å²) in [6.45, 7) is 9.88. The summed E-state index contributed by atoms with van der Waals surface area (Å²) >= 11 is 0. The number of hydrogen-bond donors (Lipinski definition) is 0. The van der Waals surface area contributed by atoms with Gasteiger partial charge in [-0.25, -0.2) is 4.39 Å². The Morgan fingerprint density at radius 2 is 1.63 bits per heavy atom. The Hall–Kier alpha value is -2.89. The van der Waals surface area contributed by atoms with E-state index in [1.807, 2.05) is 55.1 Å². The number of rotatable bonds is 10. The van der Waals surface area contributed by atoms with Crippen molar-refractivity contribution in [3.05, 3.63) is 54.3 Å². The minimum atomic E-state index is -0.309. The summed E-state index contributed by atoms with van der Waals surface area (Å²) in [4.78, 5) is 31.6. The van der Waals surface area contributed by atoms with Gasteiger partial charge in [-0.1, -0.05) is 39.0 Å². The summed E-state index contributed by atoms with van der Waals surface area (Å²) in [5, 5.41) is 0. The predicted molar refractivity (Wildman–Crippen MR) is 143 cm³/mol. The van der Waals surface area contributed by atoms with Crippen LogP contribution in [0.25, 0.3) is 0 Å². The molecule has 2 aromatic rings. The van der Waals surface area contributed by atoms with Crippen molar-refractivity contribution in [2.24, 2.45) is 5.92 Å². The van der Waals surface area contributed by atoms with E-state index in [1.54, 1.807) is 11.0 Å². The molecule has 1 fully saturated rings. The normalized spacial score (nSPS) is 14.3. The van der Waals surface area contributed by atoms with Crippen molar-refractivity contribution >= 4 is 28.9 Å². The van der Waals surface area contributed by atoms with Gasteiger partial charge in [-0.05, 0) is 69.4 Å². The number of halogens is 1. The lowest BCUT2D eigenvalue weighted by molar-refractivity contribution is -0.123. The molecule has 0 bridgehead atoms. The highest BCUT2D eigenvalue weighted by atomic mass is 19.1. The first-order chi connectivity index (χ1) is 16.9. The topological polar surface area (TPSA) is 43.9 Å². The Kier molecular flexibility index (Phi) is 9.70. The lowest BCUT2D eigenvalue weighted by Crippen LogP contribution is -2.49. The fourth-order valence-corrected chi connectivity index (χ4v) is 5.08. The SMILES string of the molecule is CCCC(=O)N(CC)c1ccc(N2CCC(N(C(=O)C(CC)CC)c3ccccc3)CC2)c(F)c1. The van der Waals surface area contributed by atoms with Gasteiger partial charge in [-0.15, -0.1) is 0 Å². The third-order valence-corrected chi connectivity index (χ3v) is 7.10. The van der Waals surface area contributed by atoms with E-state index in [-0.39, 0.29) is 29.6 Å². The average Bonchev–Trinajstić information content (AvgIpc) is 2.87. The molecule has 1 aliphatic heterocycles. The van der Waals surface area contributed by atoms with Crippen LogP contribution in [-0.2, 0) is 9.59 Å². The summed E-state index contributed by atoms with van der Waals surface area (Å²) < 4.78 is 15.2. The minimum Gasteiger partial charge on any atom is -0.369 e. The Balaban J connectivity index is 1.75. The number of hydrogen-bond acceptors (Lipinski definition) is 3. The number of carbonyl (C=O) groups is 2. The van der Waals surface area contributed by atoms with E-state index in [4.69, 9.17) is 0 Å². The standard InChI is InChI=1S/C29H40FN3O2/c1-5-12-28(34)32(8-4)25-15-16-27(26(30)21-25)31-19-17-24(18-20-31)33(23-13-10-9-11-14-23)29(35)22(6-2)7-3/h9-11,13-16,21-22,24H,5-8,12,17-20H2,1-4H3. The molecule has 0 radical (unpaired) electrons. The number of piperidine rings is 1. The minimum absolute atomic E-state index is 0.00940. The fraction of sp³-hybridized carbons (Fsp3) is 0.517. The van der Waals surface area contributed by atoms with E-state index < -0.39 is 0 Å². The van der Waals surface area contributed by atoms with Gasteiger partial charge in [0.1, 0.15) is 5.82 Å². The largest absolute Gasteiger partial charge is 0.369 e. The third-order valence-electron chi connectivity index (χ3n) is 7.10. The molecule has 1 aliphatic rings. The Labute approximate surface area is 209 Å². The quantitative estimate of drug-likeness (QED) is 0.393. The molecule has 0 aliphatic carbocycles. The highest BCUT2D eigenvalue weighted by molar-refractivity contribution is 5.95. The molecular weight excluding hydrogens is 441 g/mol. The van der Waals surface area contributed by atoms with Crippen molar-refractivity contribution in [1.29, 1.82) is 0 Å². The third kappa shape index (κ3) is 6.22. The van der Waals surface area contributed by atoms with E-state index in [0.717, 1.165) is 37.8 Å². The predicted octanol–water partition coefficient (Wildman–Crippen LogP) is 6.42. The maximum atomic E-state index is 15.2. The Morgan fingerprint density at radius 3 is 2.17 bits per heavy atom. The fourth-order valence-electron chi connectivity index (χ4n) is 5.08. The van der Waals surface area contributed by atoms with E-state index in [9.17, 15) is 9.59 Å². The number of anilines is 3. The van der Waals surface area contributed by atoms with E-state index in [0.29, 0.717) is 37.4 Å². The van der Waals surface area contributed by atoms with Crippen molar-refractivity contribution in [2.45, 2.75) is 72.3 Å². The van der Waals surface area contributed by atoms with Crippen LogP contribution in [0.5, 0.6) is 0 Å². The molecule has 0 saturated carbocycles. The summed E-state index contributed by atoms with van der Waals surface area (Å²) in [5.41, 5.74) is 2.10. The second-order valence-electron chi connectivity index (χ2n) is 9.30. The average molecular weight is 482 g/mol. The first kappa shape index (κ1) is 26.7. The van der Waals surface area contributed by atoms with Crippen LogP contribution in [0.4, 0.5) is 21.5 Å². The van der Waals surface area contributed by atoms with Crippen molar-refractivity contribution < 1.29 is 14.0 Å². The molecular formula is C29H40FN3O2. The summed E-state index contributed by atoms with van der Waals surface area (Å²) in [7, 11) is 0. The first-order valence-electron chi connectivity index (χ1n) is 13.2. The van der Waals surface area contributed by atoms with Crippen molar-refractivity contribution in [2.75, 3.05) is 34.3 Å². The number of nitrogens with zero attached hydrogens (tertiary/aromatic N) is 3. The molecule has 0 unspecified atom stereocenters. The zero-order valence-corrected chi connectivity index (χ0v) is 21.7. The van der Waals surface area contributed by atoms with Crippen LogP contribution < -0.4 is 14.7 Å². The van der Waals surface area contributed by atoms with Crippen LogP contribution in [0.3, 0.4) is 0 Å². The molecule has 1 heterocycles. The summed E-state index contributed by atoms with van der Waals surface area (Å²) in [5.74, 6) is -0.0930. The van der Waals surface area contributed by atoms with Crippen LogP contribution in [0.1, 0.15) is 66.2 Å². The second kappa shape index (κ2) is 12.7. The van der Waals surface area contributed by atoms with Gasteiger partial charge in [0, 0.05) is 49.4 Å². The van der Waals surface area contributed by atoms with Gasteiger partial charge >= 0.3 is 0 Å². The molecule has 190 valence electrons. The number of amides is 2.